The maximum atomic E-state index is 11.9. The van der Waals surface area contributed by atoms with Crippen molar-refractivity contribution in [2.45, 2.75) is 139 Å². The van der Waals surface area contributed by atoms with E-state index in [9.17, 15) is 4.79 Å². The molecule has 7 atom stereocenters. The Morgan fingerprint density at radius 3 is 2.12 bits per heavy atom. The zero-order valence-electron chi connectivity index (χ0n) is 23.8. The molecule has 0 amide bonds. The number of allylic oxidation sites excluding steroid dienone is 2. The van der Waals surface area contributed by atoms with E-state index in [1.807, 2.05) is 11.1 Å². The molecule has 0 heterocycles. The summed E-state index contributed by atoms with van der Waals surface area (Å²) in [6, 6.07) is 0. The van der Waals surface area contributed by atoms with Crippen LogP contribution in [0, 0.1) is 44.3 Å². The lowest BCUT2D eigenvalue weighted by molar-refractivity contribution is -0.171. The van der Waals surface area contributed by atoms with Gasteiger partial charge in [0.25, 0.3) is 0 Å². The van der Waals surface area contributed by atoms with E-state index in [2.05, 4.69) is 55.4 Å². The van der Waals surface area contributed by atoms with Gasteiger partial charge in [0.1, 0.15) is 6.10 Å². The molecule has 2 heteroatoms. The third-order valence-electron chi connectivity index (χ3n) is 13.2. The molecule has 5 rings (SSSR count). The van der Waals surface area contributed by atoms with Gasteiger partial charge in [-0.1, -0.05) is 66.5 Å². The molecule has 0 spiro atoms. The largest absolute Gasteiger partial charge is 0.462 e. The standard InChI is InChI=1S/C32H52O2/c1-21(33)34-26-13-14-30(7)22-12-15-32(9)25-20-27(2,3)16-17-29(25,6)18-19-31(32,8)23(22)10-11-24(30)28(26,4)5/h24-26H,10-20H2,1-9H3/t24?,25?,26-,29+,30+,31+,32-/m0/s1. The number of carbonyl (C=O) groups excluding carboxylic acids is 1. The minimum absolute atomic E-state index is 0.0391. The van der Waals surface area contributed by atoms with Gasteiger partial charge in [0.05, 0.1) is 0 Å². The summed E-state index contributed by atoms with van der Waals surface area (Å²) in [6.45, 7) is 22.1. The molecular weight excluding hydrogens is 416 g/mol. The van der Waals surface area contributed by atoms with Crippen LogP contribution < -0.4 is 0 Å². The van der Waals surface area contributed by atoms with E-state index in [1.165, 1.54) is 64.2 Å². The average Bonchev–Trinajstić information content (AvgIpc) is 2.73. The van der Waals surface area contributed by atoms with Crippen LogP contribution >= 0.6 is 0 Å². The minimum Gasteiger partial charge on any atom is -0.462 e. The van der Waals surface area contributed by atoms with E-state index in [0.29, 0.717) is 27.6 Å². The Morgan fingerprint density at radius 1 is 0.765 bits per heavy atom. The number of rotatable bonds is 1. The van der Waals surface area contributed by atoms with Gasteiger partial charge in [-0.2, -0.15) is 0 Å². The number of fused-ring (bicyclic) bond motifs is 6. The van der Waals surface area contributed by atoms with Crippen LogP contribution in [0.25, 0.3) is 0 Å². The molecule has 2 unspecified atom stereocenters. The third-order valence-corrected chi connectivity index (χ3v) is 13.2. The normalized spacial score (nSPS) is 49.3. The van der Waals surface area contributed by atoms with Crippen molar-refractivity contribution in [1.82, 2.24) is 0 Å². The zero-order chi connectivity index (χ0) is 24.9. The Hall–Kier alpha value is -0.790. The summed E-state index contributed by atoms with van der Waals surface area (Å²) in [5.74, 6) is 1.34. The lowest BCUT2D eigenvalue weighted by Crippen LogP contribution is -2.61. The molecule has 0 aromatic heterocycles. The Balaban J connectivity index is 1.54. The van der Waals surface area contributed by atoms with Crippen LogP contribution in [0.5, 0.6) is 0 Å². The smallest absolute Gasteiger partial charge is 0.302 e. The monoisotopic (exact) mass is 468 g/mol. The number of ether oxygens (including phenoxy) is 1. The van der Waals surface area contributed by atoms with Crippen molar-refractivity contribution in [3.05, 3.63) is 11.1 Å². The number of hydrogen-bond donors (Lipinski definition) is 0. The van der Waals surface area contributed by atoms with E-state index in [1.54, 1.807) is 6.92 Å². The van der Waals surface area contributed by atoms with Gasteiger partial charge in [0.2, 0.25) is 0 Å². The van der Waals surface area contributed by atoms with Crippen LogP contribution in [0.3, 0.4) is 0 Å². The zero-order valence-corrected chi connectivity index (χ0v) is 23.8. The highest BCUT2D eigenvalue weighted by molar-refractivity contribution is 5.66. The van der Waals surface area contributed by atoms with E-state index in [0.717, 1.165) is 12.3 Å². The lowest BCUT2D eigenvalue weighted by Gasteiger charge is -2.69. The fraction of sp³-hybridized carbons (Fsp3) is 0.906. The molecule has 0 aliphatic heterocycles. The van der Waals surface area contributed by atoms with Gasteiger partial charge in [-0.05, 0) is 110 Å². The molecule has 5 aliphatic rings. The molecule has 3 saturated carbocycles. The van der Waals surface area contributed by atoms with E-state index < -0.39 is 0 Å². The fourth-order valence-electron chi connectivity index (χ4n) is 10.8. The van der Waals surface area contributed by atoms with Crippen LogP contribution in [0.4, 0.5) is 0 Å². The lowest BCUT2D eigenvalue weighted by atomic mass is 9.35. The predicted octanol–water partition coefficient (Wildman–Crippen LogP) is 8.88. The highest BCUT2D eigenvalue weighted by Gasteiger charge is 2.66. The molecule has 0 saturated heterocycles. The molecule has 0 aromatic rings. The molecule has 3 fully saturated rings. The van der Waals surface area contributed by atoms with Crippen molar-refractivity contribution >= 4 is 5.97 Å². The first-order chi connectivity index (χ1) is 15.6. The third kappa shape index (κ3) is 3.21. The second-order valence-electron chi connectivity index (χ2n) is 15.7. The summed E-state index contributed by atoms with van der Waals surface area (Å²) in [5, 5.41) is 0. The Labute approximate surface area is 210 Å². The maximum absolute atomic E-state index is 11.9. The van der Waals surface area contributed by atoms with Gasteiger partial charge in [0.15, 0.2) is 0 Å². The van der Waals surface area contributed by atoms with Crippen LogP contribution in [-0.4, -0.2) is 12.1 Å². The van der Waals surface area contributed by atoms with Crippen molar-refractivity contribution in [2.24, 2.45) is 44.3 Å². The quantitative estimate of drug-likeness (QED) is 0.284. The molecule has 0 aromatic carbocycles. The fourth-order valence-corrected chi connectivity index (χ4v) is 10.8. The van der Waals surface area contributed by atoms with Crippen LogP contribution in [0.1, 0.15) is 133 Å². The highest BCUT2D eigenvalue weighted by atomic mass is 16.5. The molecule has 2 nitrogen and oxygen atoms in total. The van der Waals surface area contributed by atoms with Gasteiger partial charge in [-0.15, -0.1) is 0 Å². The van der Waals surface area contributed by atoms with Crippen molar-refractivity contribution in [3.8, 4) is 0 Å². The molecule has 0 radical (unpaired) electrons. The number of hydrogen-bond acceptors (Lipinski definition) is 2. The molecule has 5 aliphatic carbocycles. The van der Waals surface area contributed by atoms with Crippen LogP contribution in [-0.2, 0) is 9.53 Å². The molecule has 34 heavy (non-hydrogen) atoms. The second kappa shape index (κ2) is 7.38. The van der Waals surface area contributed by atoms with Crippen molar-refractivity contribution in [3.63, 3.8) is 0 Å². The van der Waals surface area contributed by atoms with Gasteiger partial charge in [-0.25, -0.2) is 0 Å². The Bertz CT molecular complexity index is 910. The molecular formula is C32H52O2. The summed E-state index contributed by atoms with van der Waals surface area (Å²) >= 11 is 0. The van der Waals surface area contributed by atoms with Gasteiger partial charge in [-0.3, -0.25) is 4.79 Å². The summed E-state index contributed by atoms with van der Waals surface area (Å²) in [4.78, 5) is 11.9. The molecule has 0 bridgehead atoms. The SMILES string of the molecule is CC(=O)O[C@H]1CC[C@]2(C)C3=C(CCC2C1(C)C)[C@@]1(C)CC[C@@]2(C)CCC(C)(C)CC2[C@]1(C)CC3. The van der Waals surface area contributed by atoms with Crippen molar-refractivity contribution < 1.29 is 9.53 Å². The van der Waals surface area contributed by atoms with E-state index in [4.69, 9.17) is 4.74 Å². The van der Waals surface area contributed by atoms with Crippen LogP contribution in [0.2, 0.25) is 0 Å². The van der Waals surface area contributed by atoms with Gasteiger partial charge < -0.3 is 4.74 Å². The summed E-state index contributed by atoms with van der Waals surface area (Å²) in [5.41, 5.74) is 5.83. The molecule has 192 valence electrons. The predicted molar refractivity (Wildman–Crippen MR) is 140 cm³/mol. The van der Waals surface area contributed by atoms with Crippen molar-refractivity contribution in [1.29, 1.82) is 0 Å². The molecule has 0 N–H and O–H groups in total. The van der Waals surface area contributed by atoms with Crippen LogP contribution in [0.15, 0.2) is 11.1 Å². The topological polar surface area (TPSA) is 26.3 Å². The Kier molecular flexibility index (Phi) is 5.40. The summed E-state index contributed by atoms with van der Waals surface area (Å²) < 4.78 is 5.89. The minimum atomic E-state index is -0.112. The number of esters is 1. The van der Waals surface area contributed by atoms with Gasteiger partial charge in [0, 0.05) is 12.3 Å². The van der Waals surface area contributed by atoms with Gasteiger partial charge >= 0.3 is 5.97 Å². The van der Waals surface area contributed by atoms with E-state index in [-0.39, 0.29) is 22.9 Å². The summed E-state index contributed by atoms with van der Waals surface area (Å²) in [7, 11) is 0. The average molecular weight is 469 g/mol. The van der Waals surface area contributed by atoms with Crippen molar-refractivity contribution in [2.75, 3.05) is 0 Å². The number of carbonyl (C=O) groups is 1. The first-order valence-corrected chi connectivity index (χ1v) is 14.5. The highest BCUT2D eigenvalue weighted by Crippen LogP contribution is 2.75. The Morgan fingerprint density at radius 2 is 1.44 bits per heavy atom. The van der Waals surface area contributed by atoms with E-state index >= 15 is 0 Å². The first-order valence-electron chi connectivity index (χ1n) is 14.5. The first kappa shape index (κ1) is 24.9. The summed E-state index contributed by atoms with van der Waals surface area (Å²) in [6.07, 6.45) is 14.5. The second-order valence-corrected chi connectivity index (χ2v) is 15.7. The maximum Gasteiger partial charge on any atom is 0.302 e.